The Labute approximate surface area is 171 Å². The number of carbonyl (C=O) groups is 2. The molecule has 146 valence electrons. The van der Waals surface area contributed by atoms with Crippen molar-refractivity contribution >= 4 is 23.4 Å². The van der Waals surface area contributed by atoms with E-state index in [1.165, 1.54) is 0 Å². The first-order chi connectivity index (χ1) is 13.5. The highest BCUT2D eigenvalue weighted by atomic mass is 35.5. The number of likely N-dealkylation sites (tertiary alicyclic amines) is 1. The summed E-state index contributed by atoms with van der Waals surface area (Å²) in [5, 5.41) is 3.45. The Bertz CT molecular complexity index is 863. The van der Waals surface area contributed by atoms with E-state index in [2.05, 4.69) is 24.0 Å². The van der Waals surface area contributed by atoms with Gasteiger partial charge in [0.15, 0.2) is 0 Å². The first-order valence-electron chi connectivity index (χ1n) is 9.51. The van der Waals surface area contributed by atoms with Gasteiger partial charge in [-0.05, 0) is 49.6 Å². The molecule has 0 aliphatic carbocycles. The number of nitrogens with one attached hydrogen (secondary N) is 1. The number of hydrogen-bond donors (Lipinski definition) is 1. The highest BCUT2D eigenvalue weighted by molar-refractivity contribution is 6.30. The van der Waals surface area contributed by atoms with E-state index in [1.54, 1.807) is 30.3 Å². The molecule has 0 radical (unpaired) electrons. The van der Waals surface area contributed by atoms with Gasteiger partial charge in [0.1, 0.15) is 0 Å². The fourth-order valence-corrected chi connectivity index (χ4v) is 3.83. The Morgan fingerprint density at radius 3 is 2.64 bits per heavy atom. The lowest BCUT2D eigenvalue weighted by molar-refractivity contribution is -0.126. The number of piperidine rings is 1. The minimum Gasteiger partial charge on any atom is -0.352 e. The Morgan fingerprint density at radius 1 is 1.21 bits per heavy atom. The van der Waals surface area contributed by atoms with Crippen LogP contribution in [-0.2, 0) is 4.79 Å². The Kier molecular flexibility index (Phi) is 6.53. The van der Waals surface area contributed by atoms with Crippen LogP contribution in [-0.4, -0.2) is 29.8 Å². The van der Waals surface area contributed by atoms with Gasteiger partial charge in [-0.2, -0.15) is 0 Å². The van der Waals surface area contributed by atoms with Crippen molar-refractivity contribution in [1.29, 1.82) is 0 Å². The summed E-state index contributed by atoms with van der Waals surface area (Å²) in [5.41, 5.74) is 2.84. The Morgan fingerprint density at radius 2 is 1.96 bits per heavy atom. The predicted molar refractivity (Wildman–Crippen MR) is 112 cm³/mol. The molecule has 28 heavy (non-hydrogen) atoms. The lowest BCUT2D eigenvalue weighted by Crippen LogP contribution is -2.47. The van der Waals surface area contributed by atoms with Crippen LogP contribution >= 0.6 is 11.6 Å². The second-order valence-electron chi connectivity index (χ2n) is 7.20. The minimum atomic E-state index is -0.225. The van der Waals surface area contributed by atoms with E-state index in [4.69, 9.17) is 11.6 Å². The molecule has 1 aliphatic rings. The van der Waals surface area contributed by atoms with E-state index >= 15 is 0 Å². The molecule has 3 rings (SSSR count). The van der Waals surface area contributed by atoms with E-state index in [1.807, 2.05) is 24.0 Å². The van der Waals surface area contributed by atoms with Gasteiger partial charge in [0.25, 0.3) is 5.91 Å². The zero-order valence-corrected chi connectivity index (χ0v) is 16.8. The van der Waals surface area contributed by atoms with Gasteiger partial charge in [-0.3, -0.25) is 9.59 Å². The molecule has 0 aromatic heterocycles. The van der Waals surface area contributed by atoms with Gasteiger partial charge in [0.05, 0.1) is 12.0 Å². The smallest absolute Gasteiger partial charge is 0.254 e. The highest BCUT2D eigenvalue weighted by Gasteiger charge is 2.35. The first-order valence-corrected chi connectivity index (χ1v) is 9.89. The lowest BCUT2D eigenvalue weighted by Gasteiger charge is -2.39. The molecule has 0 bridgehead atoms. The molecule has 1 N–H and O–H groups in total. The Balaban J connectivity index is 1.89. The molecule has 1 heterocycles. The molecule has 2 unspecified atom stereocenters. The van der Waals surface area contributed by atoms with Crippen molar-refractivity contribution in [3.8, 4) is 0 Å². The molecule has 5 heteroatoms. The number of carbonyl (C=O) groups excluding carboxylic acids is 2. The van der Waals surface area contributed by atoms with Crippen LogP contribution in [0, 0.1) is 12.8 Å². The van der Waals surface area contributed by atoms with Gasteiger partial charge in [-0.15, -0.1) is 6.58 Å². The van der Waals surface area contributed by atoms with Crippen molar-refractivity contribution in [2.24, 2.45) is 5.92 Å². The molecule has 1 saturated heterocycles. The van der Waals surface area contributed by atoms with E-state index in [0.29, 0.717) is 23.7 Å². The van der Waals surface area contributed by atoms with Crippen LogP contribution in [0.5, 0.6) is 0 Å². The summed E-state index contributed by atoms with van der Waals surface area (Å²) in [6, 6.07) is 15.1. The number of benzene rings is 2. The number of aryl methyl sites for hydroxylation is 1. The molecule has 1 fully saturated rings. The van der Waals surface area contributed by atoms with Crippen molar-refractivity contribution < 1.29 is 9.59 Å². The molecule has 2 amide bonds. The van der Waals surface area contributed by atoms with Crippen LogP contribution < -0.4 is 5.32 Å². The van der Waals surface area contributed by atoms with Gasteiger partial charge < -0.3 is 10.2 Å². The van der Waals surface area contributed by atoms with Gasteiger partial charge in [-0.25, -0.2) is 0 Å². The third-order valence-electron chi connectivity index (χ3n) is 5.15. The third-order valence-corrected chi connectivity index (χ3v) is 5.40. The van der Waals surface area contributed by atoms with Gasteiger partial charge in [0.2, 0.25) is 5.91 Å². The zero-order chi connectivity index (χ0) is 20.1. The van der Waals surface area contributed by atoms with Crippen molar-refractivity contribution in [2.45, 2.75) is 25.8 Å². The molecule has 0 saturated carbocycles. The average Bonchev–Trinajstić information content (AvgIpc) is 2.71. The second kappa shape index (κ2) is 9.07. The molecule has 0 spiro atoms. The van der Waals surface area contributed by atoms with Gasteiger partial charge in [-0.1, -0.05) is 47.5 Å². The van der Waals surface area contributed by atoms with Crippen LogP contribution in [0.25, 0.3) is 0 Å². The highest BCUT2D eigenvalue weighted by Crippen LogP contribution is 2.35. The average molecular weight is 397 g/mol. The summed E-state index contributed by atoms with van der Waals surface area (Å²) in [6.07, 6.45) is 3.15. The minimum absolute atomic E-state index is 0.0310. The molecule has 2 aromatic carbocycles. The first kappa shape index (κ1) is 20.2. The molecule has 2 aromatic rings. The molecular weight excluding hydrogens is 372 g/mol. The van der Waals surface area contributed by atoms with E-state index in [9.17, 15) is 9.59 Å². The van der Waals surface area contributed by atoms with Crippen molar-refractivity contribution in [3.63, 3.8) is 0 Å². The zero-order valence-electron chi connectivity index (χ0n) is 16.0. The van der Waals surface area contributed by atoms with E-state index < -0.39 is 0 Å². The number of nitrogens with zero attached hydrogens (tertiary/aromatic N) is 1. The van der Waals surface area contributed by atoms with Crippen LogP contribution in [0.1, 0.15) is 40.4 Å². The fourth-order valence-electron chi connectivity index (χ4n) is 3.71. The van der Waals surface area contributed by atoms with Crippen LogP contribution in [0.4, 0.5) is 0 Å². The van der Waals surface area contributed by atoms with Gasteiger partial charge in [0, 0.05) is 23.7 Å². The lowest BCUT2D eigenvalue weighted by atomic mass is 9.87. The maximum Gasteiger partial charge on any atom is 0.254 e. The van der Waals surface area contributed by atoms with Crippen molar-refractivity contribution in [2.75, 3.05) is 13.1 Å². The predicted octanol–water partition coefficient (Wildman–Crippen LogP) is 4.54. The van der Waals surface area contributed by atoms with Crippen LogP contribution in [0.2, 0.25) is 5.02 Å². The topological polar surface area (TPSA) is 49.4 Å². The number of hydrogen-bond acceptors (Lipinski definition) is 2. The quantitative estimate of drug-likeness (QED) is 0.754. The summed E-state index contributed by atoms with van der Waals surface area (Å²) in [6.45, 7) is 6.51. The largest absolute Gasteiger partial charge is 0.352 e. The summed E-state index contributed by atoms with van der Waals surface area (Å²) >= 11 is 5.97. The Hall–Kier alpha value is -2.59. The third kappa shape index (κ3) is 4.63. The second-order valence-corrected chi connectivity index (χ2v) is 7.64. The monoisotopic (exact) mass is 396 g/mol. The summed E-state index contributed by atoms with van der Waals surface area (Å²) in [4.78, 5) is 27.6. The maximum absolute atomic E-state index is 13.3. The van der Waals surface area contributed by atoms with Crippen LogP contribution in [0.3, 0.4) is 0 Å². The number of halogens is 1. The standard InChI is InChI=1S/C23H25ClN2O2/c1-3-13-25-22(27)19-9-12-21(18-6-4-5-16(2)14-18)26(15-19)23(28)17-7-10-20(24)11-8-17/h3-8,10-11,14,19,21H,1,9,12-13,15H2,2H3,(H,25,27). The summed E-state index contributed by atoms with van der Waals surface area (Å²) < 4.78 is 0. The molecular formula is C23H25ClN2O2. The SMILES string of the molecule is C=CCNC(=O)C1CCC(c2cccc(C)c2)N(C(=O)c2ccc(Cl)cc2)C1. The summed E-state index contributed by atoms with van der Waals surface area (Å²) in [7, 11) is 0. The van der Waals surface area contributed by atoms with Gasteiger partial charge >= 0.3 is 0 Å². The van der Waals surface area contributed by atoms with E-state index in [-0.39, 0.29) is 23.8 Å². The fraction of sp³-hybridized carbons (Fsp3) is 0.304. The van der Waals surface area contributed by atoms with Crippen LogP contribution in [0.15, 0.2) is 61.2 Å². The number of amides is 2. The van der Waals surface area contributed by atoms with E-state index in [0.717, 1.165) is 24.0 Å². The van der Waals surface area contributed by atoms with Crippen molar-refractivity contribution in [1.82, 2.24) is 10.2 Å². The normalized spacial score (nSPS) is 19.1. The number of rotatable bonds is 5. The molecule has 4 nitrogen and oxygen atoms in total. The maximum atomic E-state index is 13.3. The van der Waals surface area contributed by atoms with Crippen molar-refractivity contribution in [3.05, 3.63) is 82.9 Å². The summed E-state index contributed by atoms with van der Waals surface area (Å²) in [5.74, 6) is -0.335. The molecule has 1 aliphatic heterocycles. The molecule has 2 atom stereocenters.